The van der Waals surface area contributed by atoms with Crippen molar-refractivity contribution < 1.29 is 24.0 Å². The third-order valence-corrected chi connectivity index (χ3v) is 4.20. The molecular formula is C17H18BrN3O5. The Morgan fingerprint density at radius 2 is 1.58 bits per heavy atom. The number of amides is 4. The highest BCUT2D eigenvalue weighted by atomic mass is 79.9. The predicted octanol–water partition coefficient (Wildman–Crippen LogP) is 0.647. The monoisotopic (exact) mass is 423 g/mol. The minimum atomic E-state index is -0.515. The normalized spacial score (nSPS) is 12.8. The number of Topliss-reactive ketones (excluding diaryl/α,β-unsaturated/α-hetero) is 1. The lowest BCUT2D eigenvalue weighted by Crippen LogP contribution is -2.42. The molecule has 26 heavy (non-hydrogen) atoms. The first kappa shape index (κ1) is 19.8. The van der Waals surface area contributed by atoms with Crippen LogP contribution in [0.15, 0.2) is 22.7 Å². The molecule has 1 aromatic rings. The molecule has 0 bridgehead atoms. The van der Waals surface area contributed by atoms with Crippen LogP contribution in [0.5, 0.6) is 0 Å². The molecule has 0 aromatic heterocycles. The summed E-state index contributed by atoms with van der Waals surface area (Å²) in [4.78, 5) is 59.5. The third kappa shape index (κ3) is 4.98. The smallest absolute Gasteiger partial charge is 0.262 e. The van der Waals surface area contributed by atoms with Gasteiger partial charge in [0.05, 0.1) is 11.1 Å². The van der Waals surface area contributed by atoms with Gasteiger partial charge in [-0.25, -0.2) is 0 Å². The van der Waals surface area contributed by atoms with Gasteiger partial charge in [-0.05, 0) is 25.1 Å². The zero-order valence-corrected chi connectivity index (χ0v) is 15.7. The van der Waals surface area contributed by atoms with Gasteiger partial charge in [-0.2, -0.15) is 0 Å². The summed E-state index contributed by atoms with van der Waals surface area (Å²) in [7, 11) is 0. The van der Waals surface area contributed by atoms with Gasteiger partial charge in [-0.3, -0.25) is 24.1 Å². The number of ketones is 1. The van der Waals surface area contributed by atoms with Gasteiger partial charge in [0.2, 0.25) is 11.8 Å². The Hall–Kier alpha value is -2.55. The van der Waals surface area contributed by atoms with Crippen LogP contribution in [0.1, 0.15) is 40.5 Å². The summed E-state index contributed by atoms with van der Waals surface area (Å²) >= 11 is 3.24. The number of nitrogens with zero attached hydrogens (tertiary/aromatic N) is 1. The Bertz CT molecular complexity index is 778. The molecule has 0 spiro atoms. The molecule has 2 rings (SSSR count). The molecular weight excluding hydrogens is 406 g/mol. The number of rotatable bonds is 8. The molecule has 0 saturated heterocycles. The van der Waals surface area contributed by atoms with Crippen molar-refractivity contribution in [3.05, 3.63) is 33.8 Å². The van der Waals surface area contributed by atoms with E-state index in [1.54, 1.807) is 12.1 Å². The summed E-state index contributed by atoms with van der Waals surface area (Å²) in [5, 5.41) is 5.10. The van der Waals surface area contributed by atoms with E-state index >= 15 is 0 Å². The van der Waals surface area contributed by atoms with Crippen molar-refractivity contribution in [2.75, 3.05) is 19.6 Å². The number of hydrogen-bond donors (Lipinski definition) is 2. The van der Waals surface area contributed by atoms with E-state index in [9.17, 15) is 24.0 Å². The van der Waals surface area contributed by atoms with E-state index in [0.717, 1.165) is 4.90 Å². The second-order valence-corrected chi connectivity index (χ2v) is 6.70. The summed E-state index contributed by atoms with van der Waals surface area (Å²) in [6.45, 7) is 1.37. The fraction of sp³-hybridized carbons (Fsp3) is 0.353. The maximum Gasteiger partial charge on any atom is 0.262 e. The number of nitrogens with one attached hydrogen (secondary N) is 2. The topological polar surface area (TPSA) is 113 Å². The summed E-state index contributed by atoms with van der Waals surface area (Å²) in [5.74, 6) is -1.87. The third-order valence-electron chi connectivity index (χ3n) is 3.71. The minimum Gasteiger partial charge on any atom is -0.354 e. The van der Waals surface area contributed by atoms with Gasteiger partial charge in [-0.1, -0.05) is 15.9 Å². The SMILES string of the molecule is CC(=O)CCC(=O)NCCNC(=O)CN1C(=O)c2ccc(Br)cc2C1=O. The Morgan fingerprint density at radius 3 is 2.23 bits per heavy atom. The highest BCUT2D eigenvalue weighted by Crippen LogP contribution is 2.25. The van der Waals surface area contributed by atoms with Crippen LogP contribution in [-0.4, -0.2) is 53.9 Å². The molecule has 1 aromatic carbocycles. The number of carbonyl (C=O) groups excluding carboxylic acids is 5. The van der Waals surface area contributed by atoms with Crippen molar-refractivity contribution in [1.29, 1.82) is 0 Å². The molecule has 0 unspecified atom stereocenters. The van der Waals surface area contributed by atoms with Crippen molar-refractivity contribution >= 4 is 45.3 Å². The molecule has 0 saturated carbocycles. The van der Waals surface area contributed by atoms with Crippen molar-refractivity contribution in [1.82, 2.24) is 15.5 Å². The van der Waals surface area contributed by atoms with Gasteiger partial charge < -0.3 is 15.4 Å². The molecule has 4 amide bonds. The zero-order chi connectivity index (χ0) is 19.3. The Morgan fingerprint density at radius 1 is 0.962 bits per heavy atom. The van der Waals surface area contributed by atoms with E-state index in [1.165, 1.54) is 13.0 Å². The first-order valence-corrected chi connectivity index (χ1v) is 8.77. The van der Waals surface area contributed by atoms with Crippen LogP contribution in [0.3, 0.4) is 0 Å². The van der Waals surface area contributed by atoms with Gasteiger partial charge >= 0.3 is 0 Å². The molecule has 0 atom stereocenters. The van der Waals surface area contributed by atoms with E-state index in [2.05, 4.69) is 26.6 Å². The van der Waals surface area contributed by atoms with E-state index < -0.39 is 17.7 Å². The standard InChI is InChI=1S/C17H18BrN3O5/c1-10(22)2-5-14(23)19-6-7-20-15(24)9-21-16(25)12-4-3-11(18)8-13(12)17(21)26/h3-4,8H,2,5-7,9H2,1H3,(H,19,23)(H,20,24). The summed E-state index contributed by atoms with van der Waals surface area (Å²) in [6, 6.07) is 4.74. The first-order valence-electron chi connectivity index (χ1n) is 7.98. The molecule has 1 aliphatic heterocycles. The minimum absolute atomic E-state index is 0.0681. The van der Waals surface area contributed by atoms with E-state index in [-0.39, 0.29) is 55.3 Å². The Labute approximate surface area is 158 Å². The lowest BCUT2D eigenvalue weighted by molar-refractivity contribution is -0.124. The molecule has 9 heteroatoms. The van der Waals surface area contributed by atoms with Crippen LogP contribution < -0.4 is 10.6 Å². The Kier molecular flexibility index (Phi) is 6.62. The molecule has 0 fully saturated rings. The van der Waals surface area contributed by atoms with E-state index in [4.69, 9.17) is 0 Å². The largest absolute Gasteiger partial charge is 0.354 e. The number of imide groups is 1. The number of halogens is 1. The van der Waals surface area contributed by atoms with Crippen LogP contribution >= 0.6 is 15.9 Å². The van der Waals surface area contributed by atoms with E-state index in [1.807, 2.05) is 0 Å². The van der Waals surface area contributed by atoms with E-state index in [0.29, 0.717) is 4.47 Å². The van der Waals surface area contributed by atoms with Crippen LogP contribution in [0.25, 0.3) is 0 Å². The molecule has 0 aliphatic carbocycles. The molecule has 1 aliphatic rings. The number of fused-ring (bicyclic) bond motifs is 1. The zero-order valence-electron chi connectivity index (χ0n) is 14.1. The molecule has 1 heterocycles. The molecule has 2 N–H and O–H groups in total. The summed E-state index contributed by atoms with van der Waals surface area (Å²) in [5.41, 5.74) is 0.527. The fourth-order valence-corrected chi connectivity index (χ4v) is 2.75. The van der Waals surface area contributed by atoms with Crippen LogP contribution in [0, 0.1) is 0 Å². The predicted molar refractivity (Wildman–Crippen MR) is 95.4 cm³/mol. The number of benzene rings is 1. The van der Waals surface area contributed by atoms with Gasteiger partial charge in [0.1, 0.15) is 12.3 Å². The maximum absolute atomic E-state index is 12.3. The Balaban J connectivity index is 1.77. The fourth-order valence-electron chi connectivity index (χ4n) is 2.39. The summed E-state index contributed by atoms with van der Waals surface area (Å²) in [6.07, 6.45) is 0.280. The second kappa shape index (κ2) is 8.70. The highest BCUT2D eigenvalue weighted by molar-refractivity contribution is 9.10. The van der Waals surface area contributed by atoms with Crippen LogP contribution in [-0.2, 0) is 14.4 Å². The number of carbonyl (C=O) groups is 5. The maximum atomic E-state index is 12.3. The number of hydrogen-bond acceptors (Lipinski definition) is 5. The van der Waals surface area contributed by atoms with Crippen molar-refractivity contribution in [3.8, 4) is 0 Å². The molecule has 138 valence electrons. The highest BCUT2D eigenvalue weighted by Gasteiger charge is 2.36. The average molecular weight is 424 g/mol. The van der Waals surface area contributed by atoms with Crippen LogP contribution in [0.2, 0.25) is 0 Å². The molecule has 8 nitrogen and oxygen atoms in total. The van der Waals surface area contributed by atoms with Gasteiger partial charge in [0, 0.05) is 30.4 Å². The second-order valence-electron chi connectivity index (χ2n) is 5.79. The lowest BCUT2D eigenvalue weighted by atomic mass is 10.1. The first-order chi connectivity index (χ1) is 12.3. The molecule has 0 radical (unpaired) electrons. The quantitative estimate of drug-likeness (QED) is 0.470. The van der Waals surface area contributed by atoms with Gasteiger partial charge in [0.25, 0.3) is 11.8 Å². The van der Waals surface area contributed by atoms with Crippen LogP contribution in [0.4, 0.5) is 0 Å². The van der Waals surface area contributed by atoms with Crippen molar-refractivity contribution in [2.24, 2.45) is 0 Å². The summed E-state index contributed by atoms with van der Waals surface area (Å²) < 4.78 is 0.671. The lowest BCUT2D eigenvalue weighted by Gasteiger charge is -2.13. The van der Waals surface area contributed by atoms with Crippen molar-refractivity contribution in [2.45, 2.75) is 19.8 Å². The van der Waals surface area contributed by atoms with Gasteiger partial charge in [-0.15, -0.1) is 0 Å². The average Bonchev–Trinajstić information content (AvgIpc) is 2.81. The van der Waals surface area contributed by atoms with Crippen molar-refractivity contribution in [3.63, 3.8) is 0 Å². The van der Waals surface area contributed by atoms with Gasteiger partial charge in [0.15, 0.2) is 0 Å².